The molecule has 1 nitrogen and oxygen atoms in total. The molecule has 0 aliphatic rings. The number of rotatable bonds is 2. The Bertz CT molecular complexity index is 362. The Hall–Kier alpha value is -1.07. The third-order valence-corrected chi connectivity index (χ3v) is 2.32. The molecule has 0 heterocycles. The van der Waals surface area contributed by atoms with Crippen LogP contribution in [-0.4, -0.2) is 5.67 Å². The monoisotopic (exact) mass is 211 g/mol. The molecule has 0 N–H and O–H groups in total. The molecule has 3 heteroatoms. The SMILES string of the molecule is [C-]#[N+]C(c1ccccc1Cl)C(C)(C)F. The van der Waals surface area contributed by atoms with Crippen molar-refractivity contribution in [1.82, 2.24) is 0 Å². The molecule has 0 aromatic heterocycles. The van der Waals surface area contributed by atoms with Gasteiger partial charge in [-0.1, -0.05) is 23.7 Å². The van der Waals surface area contributed by atoms with Gasteiger partial charge in [-0.05, 0) is 26.0 Å². The first kappa shape index (κ1) is 11.0. The fourth-order valence-electron chi connectivity index (χ4n) is 1.29. The van der Waals surface area contributed by atoms with Crippen molar-refractivity contribution >= 4 is 11.6 Å². The van der Waals surface area contributed by atoms with E-state index in [-0.39, 0.29) is 0 Å². The maximum atomic E-state index is 13.6. The minimum atomic E-state index is -1.58. The van der Waals surface area contributed by atoms with Crippen molar-refractivity contribution in [2.75, 3.05) is 0 Å². The van der Waals surface area contributed by atoms with E-state index in [1.54, 1.807) is 24.3 Å². The lowest BCUT2D eigenvalue weighted by molar-refractivity contribution is 0.193. The minimum absolute atomic E-state index is 0.444. The predicted octanol–water partition coefficient (Wildman–Crippen LogP) is 4.05. The summed E-state index contributed by atoms with van der Waals surface area (Å²) in [5, 5.41) is 0.444. The van der Waals surface area contributed by atoms with Gasteiger partial charge in [0.15, 0.2) is 5.67 Å². The number of benzene rings is 1. The van der Waals surface area contributed by atoms with E-state index in [1.165, 1.54) is 13.8 Å². The van der Waals surface area contributed by atoms with E-state index in [4.69, 9.17) is 18.2 Å². The summed E-state index contributed by atoms with van der Waals surface area (Å²) >= 11 is 5.89. The van der Waals surface area contributed by atoms with Gasteiger partial charge < -0.3 is 4.85 Å². The molecule has 1 atom stereocenters. The maximum absolute atomic E-state index is 13.6. The summed E-state index contributed by atoms with van der Waals surface area (Å²) in [5.41, 5.74) is -1.02. The van der Waals surface area contributed by atoms with Crippen LogP contribution in [0.25, 0.3) is 4.85 Å². The second-order valence-electron chi connectivity index (χ2n) is 3.62. The van der Waals surface area contributed by atoms with E-state index < -0.39 is 11.7 Å². The van der Waals surface area contributed by atoms with Crippen LogP contribution in [0.3, 0.4) is 0 Å². The quantitative estimate of drug-likeness (QED) is 0.650. The van der Waals surface area contributed by atoms with Gasteiger partial charge >= 0.3 is 0 Å². The van der Waals surface area contributed by atoms with Crippen molar-refractivity contribution in [1.29, 1.82) is 0 Å². The highest BCUT2D eigenvalue weighted by atomic mass is 35.5. The fourth-order valence-corrected chi connectivity index (χ4v) is 1.53. The highest BCUT2D eigenvalue weighted by molar-refractivity contribution is 6.31. The van der Waals surface area contributed by atoms with Crippen molar-refractivity contribution in [2.45, 2.75) is 25.6 Å². The van der Waals surface area contributed by atoms with E-state index >= 15 is 0 Å². The molecule has 0 radical (unpaired) electrons. The molecule has 1 rings (SSSR count). The molecule has 74 valence electrons. The van der Waals surface area contributed by atoms with Crippen LogP contribution < -0.4 is 0 Å². The average Bonchev–Trinajstić information content (AvgIpc) is 2.07. The summed E-state index contributed by atoms with van der Waals surface area (Å²) in [6.07, 6.45) is 0. The summed E-state index contributed by atoms with van der Waals surface area (Å²) < 4.78 is 13.6. The largest absolute Gasteiger partial charge is 0.305 e. The molecule has 1 unspecified atom stereocenters. The molecule has 0 amide bonds. The molecule has 0 aliphatic carbocycles. The maximum Gasteiger partial charge on any atom is 0.282 e. The smallest absolute Gasteiger partial charge is 0.282 e. The fraction of sp³-hybridized carbons (Fsp3) is 0.364. The van der Waals surface area contributed by atoms with Crippen molar-refractivity contribution in [2.24, 2.45) is 0 Å². The third kappa shape index (κ3) is 2.24. The molecule has 0 fully saturated rings. The first-order valence-corrected chi connectivity index (χ1v) is 4.64. The van der Waals surface area contributed by atoms with Crippen LogP contribution in [0.1, 0.15) is 25.5 Å². The van der Waals surface area contributed by atoms with E-state index in [2.05, 4.69) is 4.85 Å². The van der Waals surface area contributed by atoms with Crippen LogP contribution in [-0.2, 0) is 0 Å². The molecule has 1 aromatic carbocycles. The number of hydrogen-bond acceptors (Lipinski definition) is 0. The van der Waals surface area contributed by atoms with Gasteiger partial charge in [0.05, 0.1) is 10.6 Å². The Morgan fingerprint density at radius 3 is 2.43 bits per heavy atom. The molecule has 14 heavy (non-hydrogen) atoms. The number of halogens is 2. The van der Waals surface area contributed by atoms with Crippen LogP contribution in [0.5, 0.6) is 0 Å². The lowest BCUT2D eigenvalue weighted by Crippen LogP contribution is -2.21. The Morgan fingerprint density at radius 1 is 1.43 bits per heavy atom. The van der Waals surface area contributed by atoms with Crippen molar-refractivity contribution in [3.05, 3.63) is 46.3 Å². The Kier molecular flexibility index (Phi) is 3.13. The van der Waals surface area contributed by atoms with E-state index in [9.17, 15) is 4.39 Å². The molecular weight excluding hydrogens is 201 g/mol. The minimum Gasteiger partial charge on any atom is -0.305 e. The van der Waals surface area contributed by atoms with Crippen LogP contribution in [0.2, 0.25) is 5.02 Å². The third-order valence-electron chi connectivity index (χ3n) is 1.98. The Balaban J connectivity index is 3.16. The second-order valence-corrected chi connectivity index (χ2v) is 4.02. The number of alkyl halides is 1. The van der Waals surface area contributed by atoms with Gasteiger partial charge in [0, 0.05) is 0 Å². The first-order valence-electron chi connectivity index (χ1n) is 4.26. The van der Waals surface area contributed by atoms with E-state index in [0.717, 1.165) is 0 Å². The zero-order valence-corrected chi connectivity index (χ0v) is 8.85. The number of nitrogens with zero attached hydrogens (tertiary/aromatic N) is 1. The topological polar surface area (TPSA) is 4.36 Å². The van der Waals surface area contributed by atoms with Crippen LogP contribution in [0.4, 0.5) is 4.39 Å². The summed E-state index contributed by atoms with van der Waals surface area (Å²) in [7, 11) is 0. The number of hydrogen-bond donors (Lipinski definition) is 0. The summed E-state index contributed by atoms with van der Waals surface area (Å²) in [6.45, 7) is 9.75. The van der Waals surface area contributed by atoms with Gasteiger partial charge in [0.25, 0.3) is 6.04 Å². The summed E-state index contributed by atoms with van der Waals surface area (Å²) in [5.74, 6) is 0. The highest BCUT2D eigenvalue weighted by Crippen LogP contribution is 2.36. The van der Waals surface area contributed by atoms with Crippen LogP contribution in [0.15, 0.2) is 24.3 Å². The average molecular weight is 212 g/mol. The lowest BCUT2D eigenvalue weighted by atomic mass is 9.94. The van der Waals surface area contributed by atoms with Crippen molar-refractivity contribution < 1.29 is 4.39 Å². The van der Waals surface area contributed by atoms with Gasteiger partial charge in [-0.2, -0.15) is 0 Å². The van der Waals surface area contributed by atoms with Gasteiger partial charge in [-0.25, -0.2) is 11.0 Å². The van der Waals surface area contributed by atoms with Crippen LogP contribution >= 0.6 is 11.6 Å². The lowest BCUT2D eigenvalue weighted by Gasteiger charge is -2.17. The summed E-state index contributed by atoms with van der Waals surface area (Å²) in [4.78, 5) is 3.28. The summed E-state index contributed by atoms with van der Waals surface area (Å²) in [6, 6.07) is 6.03. The molecule has 0 saturated carbocycles. The Labute approximate surface area is 88.3 Å². The van der Waals surface area contributed by atoms with E-state index in [0.29, 0.717) is 10.6 Å². The first-order chi connectivity index (χ1) is 6.46. The standard InChI is InChI=1S/C11H11ClFN/c1-11(2,13)10(14-3)8-6-4-5-7-9(8)12/h4-7,10H,1-2H3. The molecular formula is C11H11ClFN. The highest BCUT2D eigenvalue weighted by Gasteiger charge is 2.37. The molecule has 0 aliphatic heterocycles. The zero-order chi connectivity index (χ0) is 10.8. The molecule has 1 aromatic rings. The zero-order valence-electron chi connectivity index (χ0n) is 8.09. The van der Waals surface area contributed by atoms with Gasteiger partial charge in [0.1, 0.15) is 0 Å². The van der Waals surface area contributed by atoms with Gasteiger partial charge in [0.2, 0.25) is 0 Å². The molecule has 0 spiro atoms. The molecule has 0 saturated heterocycles. The van der Waals surface area contributed by atoms with E-state index in [1.807, 2.05) is 0 Å². The normalized spacial score (nSPS) is 13.4. The predicted molar refractivity (Wildman–Crippen MR) is 56.0 cm³/mol. The van der Waals surface area contributed by atoms with Crippen LogP contribution in [0, 0.1) is 6.57 Å². The molecule has 0 bridgehead atoms. The van der Waals surface area contributed by atoms with Crippen molar-refractivity contribution in [3.63, 3.8) is 0 Å². The second kappa shape index (κ2) is 3.98. The van der Waals surface area contributed by atoms with Crippen molar-refractivity contribution in [3.8, 4) is 0 Å². The van der Waals surface area contributed by atoms with Gasteiger partial charge in [-0.3, -0.25) is 0 Å². The van der Waals surface area contributed by atoms with Gasteiger partial charge in [-0.15, -0.1) is 0 Å². The Morgan fingerprint density at radius 2 is 2.00 bits per heavy atom.